The summed E-state index contributed by atoms with van der Waals surface area (Å²) < 4.78 is 5.81. The molecule has 0 aliphatic heterocycles. The molecule has 0 atom stereocenters. The Labute approximate surface area is 122 Å². The van der Waals surface area contributed by atoms with Gasteiger partial charge >= 0.3 is 0 Å². The van der Waals surface area contributed by atoms with E-state index in [1.54, 1.807) is 6.07 Å². The van der Waals surface area contributed by atoms with Crippen LogP contribution in [0.25, 0.3) is 0 Å². The molecule has 0 aromatic heterocycles. The van der Waals surface area contributed by atoms with Crippen LogP contribution < -0.4 is 4.74 Å². The van der Waals surface area contributed by atoms with Gasteiger partial charge in [-0.1, -0.05) is 17.7 Å². The number of nitro benzene ring substituents is 1. The zero-order chi connectivity index (χ0) is 14.7. The first-order valence-corrected chi connectivity index (χ1v) is 6.63. The van der Waals surface area contributed by atoms with Crippen molar-refractivity contribution in [2.45, 2.75) is 19.7 Å². The molecule has 0 spiro atoms. The number of benzene rings is 2. The molecule has 0 amide bonds. The van der Waals surface area contributed by atoms with Crippen molar-refractivity contribution in [2.24, 2.45) is 0 Å². The first kappa shape index (κ1) is 14.3. The van der Waals surface area contributed by atoms with Crippen LogP contribution in [0.15, 0.2) is 36.4 Å². The average Bonchev–Trinajstić information content (AvgIpc) is 2.42. The Kier molecular flexibility index (Phi) is 4.25. The maximum absolute atomic E-state index is 10.8. The fourth-order valence-corrected chi connectivity index (χ4v) is 2.12. The van der Waals surface area contributed by atoms with E-state index in [0.29, 0.717) is 11.3 Å². The van der Waals surface area contributed by atoms with E-state index in [2.05, 4.69) is 0 Å². The summed E-state index contributed by atoms with van der Waals surface area (Å²) in [6.07, 6.45) is 0. The fraction of sp³-hybridized carbons (Fsp3) is 0.200. The molecule has 0 aliphatic rings. The number of alkyl halides is 1. The number of nitrogens with zero attached hydrogens (tertiary/aromatic N) is 1. The summed E-state index contributed by atoms with van der Waals surface area (Å²) >= 11 is 5.84. The van der Waals surface area contributed by atoms with Crippen molar-refractivity contribution in [3.05, 3.63) is 63.2 Å². The summed E-state index contributed by atoms with van der Waals surface area (Å²) in [6.45, 7) is 3.96. The highest BCUT2D eigenvalue weighted by Gasteiger charge is 2.12. The molecule has 20 heavy (non-hydrogen) atoms. The molecule has 2 aromatic carbocycles. The minimum Gasteiger partial charge on any atom is -0.457 e. The van der Waals surface area contributed by atoms with Crippen molar-refractivity contribution < 1.29 is 9.66 Å². The lowest BCUT2D eigenvalue weighted by atomic mass is 10.1. The number of hydrogen-bond donors (Lipinski definition) is 0. The monoisotopic (exact) mass is 291 g/mol. The van der Waals surface area contributed by atoms with Gasteiger partial charge in [-0.2, -0.15) is 0 Å². The second kappa shape index (κ2) is 5.92. The summed E-state index contributed by atoms with van der Waals surface area (Å²) in [4.78, 5) is 10.3. The minimum absolute atomic E-state index is 0.00799. The van der Waals surface area contributed by atoms with Crippen molar-refractivity contribution in [1.82, 2.24) is 0 Å². The molecule has 0 aliphatic carbocycles. The first-order chi connectivity index (χ1) is 9.51. The lowest BCUT2D eigenvalue weighted by molar-refractivity contribution is -0.384. The minimum atomic E-state index is -0.447. The van der Waals surface area contributed by atoms with Gasteiger partial charge in [-0.05, 0) is 31.5 Å². The van der Waals surface area contributed by atoms with E-state index >= 15 is 0 Å². The van der Waals surface area contributed by atoms with Crippen molar-refractivity contribution in [2.75, 3.05) is 0 Å². The van der Waals surface area contributed by atoms with Crippen molar-refractivity contribution in [3.63, 3.8) is 0 Å². The molecule has 2 rings (SSSR count). The lowest BCUT2D eigenvalue weighted by Crippen LogP contribution is -1.95. The second-order valence-corrected chi connectivity index (χ2v) is 4.82. The van der Waals surface area contributed by atoms with Gasteiger partial charge in [-0.3, -0.25) is 10.1 Å². The van der Waals surface area contributed by atoms with Crippen molar-refractivity contribution in [3.8, 4) is 11.5 Å². The van der Waals surface area contributed by atoms with Crippen LogP contribution >= 0.6 is 11.6 Å². The number of aryl methyl sites for hydroxylation is 2. The first-order valence-electron chi connectivity index (χ1n) is 6.09. The van der Waals surface area contributed by atoms with Crippen LogP contribution in [0.2, 0.25) is 0 Å². The van der Waals surface area contributed by atoms with Crippen LogP contribution in [0, 0.1) is 24.0 Å². The van der Waals surface area contributed by atoms with Crippen LogP contribution in [-0.4, -0.2) is 4.92 Å². The van der Waals surface area contributed by atoms with Gasteiger partial charge in [0.25, 0.3) is 5.69 Å². The van der Waals surface area contributed by atoms with E-state index in [0.717, 1.165) is 16.9 Å². The van der Waals surface area contributed by atoms with Crippen molar-refractivity contribution in [1.29, 1.82) is 0 Å². The Bertz CT molecular complexity index is 656. The van der Waals surface area contributed by atoms with Gasteiger partial charge in [-0.25, -0.2) is 0 Å². The maximum Gasteiger partial charge on any atom is 0.270 e. The molecule has 0 fully saturated rings. The third-order valence-electron chi connectivity index (χ3n) is 2.95. The van der Waals surface area contributed by atoms with Gasteiger partial charge < -0.3 is 4.74 Å². The van der Waals surface area contributed by atoms with E-state index in [1.165, 1.54) is 12.1 Å². The summed E-state index contributed by atoms with van der Waals surface area (Å²) in [5, 5.41) is 10.8. The number of halogens is 1. The molecule has 0 saturated carbocycles. The van der Waals surface area contributed by atoms with Gasteiger partial charge in [0.15, 0.2) is 0 Å². The Hall–Kier alpha value is -2.07. The molecule has 4 nitrogen and oxygen atoms in total. The highest BCUT2D eigenvalue weighted by atomic mass is 35.5. The molecule has 0 heterocycles. The van der Waals surface area contributed by atoms with Crippen LogP contribution in [-0.2, 0) is 5.88 Å². The normalized spacial score (nSPS) is 10.3. The van der Waals surface area contributed by atoms with E-state index in [9.17, 15) is 10.1 Å². The van der Waals surface area contributed by atoms with Gasteiger partial charge in [0.05, 0.1) is 10.8 Å². The predicted molar refractivity (Wildman–Crippen MR) is 78.6 cm³/mol. The maximum atomic E-state index is 10.8. The number of nitro groups is 1. The standard InChI is InChI=1S/C15H14ClNO3/c1-10-3-5-14(11(2)7-10)20-15-6-4-13(17(18)19)8-12(15)9-16/h3-8H,9H2,1-2H3. The summed E-state index contributed by atoms with van der Waals surface area (Å²) in [5.74, 6) is 1.41. The van der Waals surface area contributed by atoms with Crippen LogP contribution in [0.5, 0.6) is 11.5 Å². The Morgan fingerprint density at radius 2 is 1.85 bits per heavy atom. The van der Waals surface area contributed by atoms with Crippen LogP contribution in [0.4, 0.5) is 5.69 Å². The molecule has 0 saturated heterocycles. The Morgan fingerprint density at radius 1 is 1.15 bits per heavy atom. The van der Waals surface area contributed by atoms with Crippen molar-refractivity contribution >= 4 is 17.3 Å². The van der Waals surface area contributed by atoms with E-state index in [-0.39, 0.29) is 11.6 Å². The molecule has 5 heteroatoms. The molecule has 104 valence electrons. The summed E-state index contributed by atoms with van der Waals surface area (Å²) in [5.41, 5.74) is 2.76. The SMILES string of the molecule is Cc1ccc(Oc2ccc([N+](=O)[O-])cc2CCl)c(C)c1. The number of ether oxygens (including phenoxy) is 1. The highest BCUT2D eigenvalue weighted by Crippen LogP contribution is 2.31. The second-order valence-electron chi connectivity index (χ2n) is 4.55. The van der Waals surface area contributed by atoms with Crippen LogP contribution in [0.1, 0.15) is 16.7 Å². The smallest absolute Gasteiger partial charge is 0.270 e. The lowest BCUT2D eigenvalue weighted by Gasteiger charge is -2.12. The predicted octanol–water partition coefficient (Wildman–Crippen LogP) is 4.74. The average molecular weight is 292 g/mol. The zero-order valence-electron chi connectivity index (χ0n) is 11.2. The topological polar surface area (TPSA) is 52.4 Å². The molecular weight excluding hydrogens is 278 g/mol. The quantitative estimate of drug-likeness (QED) is 0.464. The van der Waals surface area contributed by atoms with E-state index in [1.807, 2.05) is 32.0 Å². The Morgan fingerprint density at radius 3 is 2.45 bits per heavy atom. The molecule has 2 aromatic rings. The number of non-ortho nitro benzene ring substituents is 1. The summed E-state index contributed by atoms with van der Waals surface area (Å²) in [7, 11) is 0. The molecule has 0 bridgehead atoms. The van der Waals surface area contributed by atoms with Gasteiger partial charge in [-0.15, -0.1) is 11.6 Å². The van der Waals surface area contributed by atoms with Gasteiger partial charge in [0, 0.05) is 17.7 Å². The molecule has 0 unspecified atom stereocenters. The van der Waals surface area contributed by atoms with Gasteiger partial charge in [0.2, 0.25) is 0 Å². The Balaban J connectivity index is 2.35. The number of rotatable bonds is 4. The van der Waals surface area contributed by atoms with Gasteiger partial charge in [0.1, 0.15) is 11.5 Å². The third kappa shape index (κ3) is 3.08. The fourth-order valence-electron chi connectivity index (χ4n) is 1.92. The number of hydrogen-bond acceptors (Lipinski definition) is 3. The molecule has 0 radical (unpaired) electrons. The third-order valence-corrected chi connectivity index (χ3v) is 3.24. The molecular formula is C15H14ClNO3. The van der Waals surface area contributed by atoms with Crippen LogP contribution in [0.3, 0.4) is 0 Å². The molecule has 0 N–H and O–H groups in total. The zero-order valence-corrected chi connectivity index (χ0v) is 12.0. The highest BCUT2D eigenvalue weighted by molar-refractivity contribution is 6.17. The van der Waals surface area contributed by atoms with E-state index in [4.69, 9.17) is 16.3 Å². The largest absolute Gasteiger partial charge is 0.457 e. The summed E-state index contributed by atoms with van der Waals surface area (Å²) in [6, 6.07) is 10.3. The van der Waals surface area contributed by atoms with E-state index < -0.39 is 4.92 Å².